The first kappa shape index (κ1) is 18.7. The van der Waals surface area contributed by atoms with E-state index in [-0.39, 0.29) is 9.80 Å². The van der Waals surface area contributed by atoms with Gasteiger partial charge < -0.3 is 4.74 Å². The first-order valence-electron chi connectivity index (χ1n) is 6.94. The monoisotopic (exact) mass is 469 g/mol. The summed E-state index contributed by atoms with van der Waals surface area (Å²) in [5, 5.41) is 9.40. The van der Waals surface area contributed by atoms with Crippen LogP contribution in [0.5, 0.6) is 5.75 Å². The lowest BCUT2D eigenvalue weighted by Crippen LogP contribution is -2.05. The van der Waals surface area contributed by atoms with Crippen molar-refractivity contribution in [1.29, 1.82) is 5.26 Å². The molecule has 4 nitrogen and oxygen atoms in total. The Balaban J connectivity index is 2.60. The lowest BCUT2D eigenvalue weighted by Gasteiger charge is -2.09. The molecule has 0 aromatic heterocycles. The molecule has 0 heterocycles. The first-order valence-corrected chi connectivity index (χ1v) is 10.0. The summed E-state index contributed by atoms with van der Waals surface area (Å²) in [5.41, 5.74) is 0.533. The minimum absolute atomic E-state index is 0.0265. The van der Waals surface area contributed by atoms with Crippen molar-refractivity contribution in [2.45, 2.75) is 11.8 Å². The molecular weight excluding hydrogens is 458 g/mol. The fourth-order valence-electron chi connectivity index (χ4n) is 2.00. The van der Waals surface area contributed by atoms with Gasteiger partial charge in [-0.2, -0.15) is 5.26 Å². The maximum Gasteiger partial charge on any atom is 0.217 e. The molecule has 0 radical (unpaired) electrons. The number of para-hydroxylation sites is 1. The van der Waals surface area contributed by atoms with E-state index in [1.807, 2.05) is 6.92 Å². The SMILES string of the molecule is CCOc1ccccc1C=C(C#N)S(=O)(=O)c1cc(Br)ccc1Br. The van der Waals surface area contributed by atoms with Gasteiger partial charge in [0.2, 0.25) is 9.84 Å². The summed E-state index contributed by atoms with van der Waals surface area (Å²) in [6.45, 7) is 2.28. The van der Waals surface area contributed by atoms with E-state index in [1.165, 1.54) is 12.1 Å². The van der Waals surface area contributed by atoms with Crippen LogP contribution < -0.4 is 4.74 Å². The van der Waals surface area contributed by atoms with Crippen LogP contribution in [0.2, 0.25) is 0 Å². The molecule has 24 heavy (non-hydrogen) atoms. The van der Waals surface area contributed by atoms with E-state index < -0.39 is 9.84 Å². The Labute approximate surface area is 157 Å². The van der Waals surface area contributed by atoms with E-state index in [2.05, 4.69) is 31.9 Å². The van der Waals surface area contributed by atoms with Gasteiger partial charge in [0.05, 0.1) is 11.5 Å². The number of hydrogen-bond donors (Lipinski definition) is 0. The molecule has 0 atom stereocenters. The van der Waals surface area contributed by atoms with Gasteiger partial charge in [0.1, 0.15) is 16.7 Å². The van der Waals surface area contributed by atoms with Crippen molar-refractivity contribution in [1.82, 2.24) is 0 Å². The zero-order valence-corrected chi connectivity index (χ0v) is 16.7. The topological polar surface area (TPSA) is 67.2 Å². The standard InChI is InChI=1S/C17H13Br2NO3S/c1-2-23-16-6-4-3-5-12(16)9-14(11-20)24(21,22)17-10-13(18)7-8-15(17)19/h3-10H,2H2,1H3. The predicted molar refractivity (Wildman–Crippen MR) is 100 cm³/mol. The van der Waals surface area contributed by atoms with E-state index in [1.54, 1.807) is 42.5 Å². The maximum absolute atomic E-state index is 12.8. The highest BCUT2D eigenvalue weighted by atomic mass is 79.9. The van der Waals surface area contributed by atoms with Crippen molar-refractivity contribution in [3.05, 3.63) is 61.9 Å². The second kappa shape index (κ2) is 7.97. The number of nitriles is 1. The van der Waals surface area contributed by atoms with Gasteiger partial charge in [0.15, 0.2) is 0 Å². The normalized spacial score (nSPS) is 11.8. The number of hydrogen-bond acceptors (Lipinski definition) is 4. The molecule has 0 bridgehead atoms. The van der Waals surface area contributed by atoms with Gasteiger partial charge in [-0.15, -0.1) is 0 Å². The molecule has 2 aromatic rings. The highest BCUT2D eigenvalue weighted by Crippen LogP contribution is 2.31. The van der Waals surface area contributed by atoms with Crippen LogP contribution in [-0.4, -0.2) is 15.0 Å². The molecule has 0 aliphatic heterocycles. The summed E-state index contributed by atoms with van der Waals surface area (Å²) < 4.78 is 32.1. The van der Waals surface area contributed by atoms with Gasteiger partial charge in [-0.25, -0.2) is 8.42 Å². The molecule has 0 unspecified atom stereocenters. The molecule has 124 valence electrons. The lowest BCUT2D eigenvalue weighted by atomic mass is 10.2. The number of ether oxygens (including phenoxy) is 1. The minimum atomic E-state index is -3.97. The molecule has 7 heteroatoms. The van der Waals surface area contributed by atoms with Gasteiger partial charge in [-0.05, 0) is 53.2 Å². The van der Waals surface area contributed by atoms with Crippen LogP contribution in [0.15, 0.2) is 61.2 Å². The van der Waals surface area contributed by atoms with Gasteiger partial charge >= 0.3 is 0 Å². The summed E-state index contributed by atoms with van der Waals surface area (Å²) in [4.78, 5) is -0.327. The minimum Gasteiger partial charge on any atom is -0.493 e. The zero-order chi connectivity index (χ0) is 17.7. The summed E-state index contributed by atoms with van der Waals surface area (Å²) in [6.07, 6.45) is 1.33. The smallest absolute Gasteiger partial charge is 0.217 e. The zero-order valence-electron chi connectivity index (χ0n) is 12.7. The fraction of sp³-hybridized carbons (Fsp3) is 0.118. The summed E-state index contributed by atoms with van der Waals surface area (Å²) >= 11 is 6.48. The number of sulfone groups is 1. The fourth-order valence-corrected chi connectivity index (χ4v) is 4.64. The van der Waals surface area contributed by atoms with Crippen LogP contribution in [-0.2, 0) is 9.84 Å². The van der Waals surface area contributed by atoms with E-state index in [9.17, 15) is 13.7 Å². The summed E-state index contributed by atoms with van der Waals surface area (Å²) in [6, 6.07) is 13.5. The Morgan fingerprint density at radius 1 is 1.25 bits per heavy atom. The average molecular weight is 471 g/mol. The van der Waals surface area contributed by atoms with Crippen molar-refractivity contribution >= 4 is 47.8 Å². The maximum atomic E-state index is 12.8. The van der Waals surface area contributed by atoms with Crippen molar-refractivity contribution < 1.29 is 13.2 Å². The second-order valence-corrected chi connectivity index (χ2v) is 8.33. The van der Waals surface area contributed by atoms with Crippen LogP contribution >= 0.6 is 31.9 Å². The second-order valence-electron chi connectivity index (χ2n) is 4.67. The average Bonchev–Trinajstić information content (AvgIpc) is 2.56. The van der Waals surface area contributed by atoms with Crippen LogP contribution in [0.25, 0.3) is 6.08 Å². The number of allylic oxidation sites excluding steroid dienone is 1. The Bertz CT molecular complexity index is 931. The molecule has 0 aliphatic rings. The molecule has 0 aliphatic carbocycles. The molecule has 0 N–H and O–H groups in total. The lowest BCUT2D eigenvalue weighted by molar-refractivity contribution is 0.339. The van der Waals surface area contributed by atoms with E-state index in [0.29, 0.717) is 26.9 Å². The van der Waals surface area contributed by atoms with Crippen LogP contribution in [0.4, 0.5) is 0 Å². The molecule has 2 rings (SSSR count). The number of benzene rings is 2. The molecule has 0 amide bonds. The summed E-state index contributed by atoms with van der Waals surface area (Å²) in [7, 11) is -3.97. The van der Waals surface area contributed by atoms with E-state index >= 15 is 0 Å². The third kappa shape index (κ3) is 4.07. The molecular formula is C17H13Br2NO3S. The van der Waals surface area contributed by atoms with Crippen molar-refractivity contribution in [2.24, 2.45) is 0 Å². The number of rotatable bonds is 5. The number of halogens is 2. The van der Waals surface area contributed by atoms with Gasteiger partial charge in [0, 0.05) is 14.5 Å². The van der Waals surface area contributed by atoms with E-state index in [0.717, 1.165) is 0 Å². The molecule has 0 spiro atoms. The quantitative estimate of drug-likeness (QED) is 0.580. The molecule has 0 saturated carbocycles. The third-order valence-corrected chi connectivity index (χ3v) is 6.24. The Morgan fingerprint density at radius 2 is 1.96 bits per heavy atom. The van der Waals surface area contributed by atoms with Gasteiger partial charge in [0.25, 0.3) is 0 Å². The molecule has 2 aromatic carbocycles. The predicted octanol–water partition coefficient (Wildman–Crippen LogP) is 4.95. The highest BCUT2D eigenvalue weighted by Gasteiger charge is 2.24. The van der Waals surface area contributed by atoms with E-state index in [4.69, 9.17) is 4.74 Å². The van der Waals surface area contributed by atoms with Crippen molar-refractivity contribution in [2.75, 3.05) is 6.61 Å². The van der Waals surface area contributed by atoms with Gasteiger partial charge in [-0.1, -0.05) is 34.1 Å². The van der Waals surface area contributed by atoms with Crippen LogP contribution in [0.3, 0.4) is 0 Å². The van der Waals surface area contributed by atoms with Crippen molar-refractivity contribution in [3.63, 3.8) is 0 Å². The molecule has 0 saturated heterocycles. The van der Waals surface area contributed by atoms with Crippen LogP contribution in [0.1, 0.15) is 12.5 Å². The Morgan fingerprint density at radius 3 is 2.62 bits per heavy atom. The number of nitrogens with zero attached hydrogens (tertiary/aromatic N) is 1. The van der Waals surface area contributed by atoms with Gasteiger partial charge in [-0.3, -0.25) is 0 Å². The summed E-state index contributed by atoms with van der Waals surface area (Å²) in [5.74, 6) is 0.524. The Hall–Kier alpha value is -1.62. The molecule has 0 fully saturated rings. The first-order chi connectivity index (χ1) is 11.4. The highest BCUT2D eigenvalue weighted by molar-refractivity contribution is 9.11. The largest absolute Gasteiger partial charge is 0.493 e. The van der Waals surface area contributed by atoms with Crippen LogP contribution in [0, 0.1) is 11.3 Å². The Kier molecular flexibility index (Phi) is 6.21. The van der Waals surface area contributed by atoms with Crippen molar-refractivity contribution in [3.8, 4) is 11.8 Å². The third-order valence-electron chi connectivity index (χ3n) is 3.09.